The van der Waals surface area contributed by atoms with Gasteiger partial charge in [-0.1, -0.05) is 80.3 Å². The Labute approximate surface area is 196 Å². The van der Waals surface area contributed by atoms with E-state index in [2.05, 4.69) is 133 Å². The van der Waals surface area contributed by atoms with Gasteiger partial charge in [0.1, 0.15) is 5.76 Å². The molecule has 0 amide bonds. The lowest BCUT2D eigenvalue weighted by atomic mass is 9.92. The van der Waals surface area contributed by atoms with Gasteiger partial charge in [-0.25, -0.2) is 0 Å². The number of aliphatic imine (C=N–C) groups is 1. The highest BCUT2D eigenvalue weighted by molar-refractivity contribution is 7.28. The van der Waals surface area contributed by atoms with Crippen molar-refractivity contribution < 1.29 is 4.65 Å². The van der Waals surface area contributed by atoms with Gasteiger partial charge in [0.2, 0.25) is 0 Å². The molecule has 0 radical (unpaired) electrons. The van der Waals surface area contributed by atoms with Crippen molar-refractivity contribution in [3.05, 3.63) is 77.5 Å². The first-order valence-corrected chi connectivity index (χ1v) is 15.2. The van der Waals surface area contributed by atoms with Crippen LogP contribution in [0.25, 0.3) is 5.57 Å². The monoisotopic (exact) mass is 446 g/mol. The quantitative estimate of drug-likeness (QED) is 0.385. The summed E-state index contributed by atoms with van der Waals surface area (Å²) in [7, 11) is -1.70. The third kappa shape index (κ3) is 5.62. The number of benzene rings is 2. The average Bonchev–Trinajstić information content (AvgIpc) is 3.08. The summed E-state index contributed by atoms with van der Waals surface area (Å²) < 4.78 is 6.99. The molecule has 5 heteroatoms. The van der Waals surface area contributed by atoms with Gasteiger partial charge in [-0.15, -0.1) is 0 Å². The molecule has 1 fully saturated rings. The predicted octanol–water partition coefficient (Wildman–Crippen LogP) is 6.72. The maximum absolute atomic E-state index is 6.99. The topological polar surface area (TPSA) is 24.8 Å². The first-order chi connectivity index (χ1) is 14.8. The predicted molar refractivity (Wildman–Crippen MR) is 143 cm³/mol. The van der Waals surface area contributed by atoms with E-state index in [0.29, 0.717) is 0 Å². The van der Waals surface area contributed by atoms with E-state index in [1.54, 1.807) is 0 Å². The largest absolute Gasteiger partial charge is 0.550 e. The summed E-state index contributed by atoms with van der Waals surface area (Å²) in [5.41, 5.74) is 3.29. The first-order valence-electron chi connectivity index (χ1n) is 11.6. The molecule has 0 bridgehead atoms. The first kappa shape index (κ1) is 24.5. The maximum Gasteiger partial charge on any atom is 0.425 e. The van der Waals surface area contributed by atoms with E-state index in [4.69, 9.17) is 9.65 Å². The van der Waals surface area contributed by atoms with Crippen molar-refractivity contribution >= 4 is 26.4 Å². The fourth-order valence-corrected chi connectivity index (χ4v) is 6.05. The van der Waals surface area contributed by atoms with Gasteiger partial charge in [-0.2, -0.15) is 0 Å². The van der Waals surface area contributed by atoms with Gasteiger partial charge < -0.3 is 4.65 Å². The standard InChI is InChI=1S/C27H39BN2OSi/c1-26(2,3)29-20-23-25(31-28(32(7,8)9)30(23)27(4,5)6)24(21-16-12-10-13-17-21)22-18-14-11-15-19-22/h10-20,23H,1-9H3/t23-/m1/s1. The van der Waals surface area contributed by atoms with Crippen LogP contribution in [-0.4, -0.2) is 42.7 Å². The van der Waals surface area contributed by atoms with E-state index in [0.717, 1.165) is 11.3 Å². The summed E-state index contributed by atoms with van der Waals surface area (Å²) in [6.45, 7) is 20.5. The fraction of sp³-hybridized carbons (Fsp3) is 0.444. The lowest BCUT2D eigenvalue weighted by Crippen LogP contribution is -2.61. The van der Waals surface area contributed by atoms with Crippen LogP contribution in [0.5, 0.6) is 0 Å². The highest BCUT2D eigenvalue weighted by Gasteiger charge is 2.54. The van der Waals surface area contributed by atoms with Crippen molar-refractivity contribution in [1.82, 2.24) is 4.81 Å². The van der Waals surface area contributed by atoms with Gasteiger partial charge in [0.05, 0.1) is 19.5 Å². The zero-order valence-electron chi connectivity index (χ0n) is 21.3. The normalized spacial score (nSPS) is 18.3. The van der Waals surface area contributed by atoms with Gasteiger partial charge in [0.25, 0.3) is 0 Å². The minimum Gasteiger partial charge on any atom is -0.550 e. The number of hydrogen-bond donors (Lipinski definition) is 0. The molecule has 2 aromatic carbocycles. The van der Waals surface area contributed by atoms with Crippen LogP contribution in [0.15, 0.2) is 71.4 Å². The molecule has 1 heterocycles. The maximum atomic E-state index is 6.99. The van der Waals surface area contributed by atoms with Crippen LogP contribution in [-0.2, 0) is 4.65 Å². The molecule has 0 aliphatic carbocycles. The van der Waals surface area contributed by atoms with E-state index in [1.807, 2.05) is 0 Å². The van der Waals surface area contributed by atoms with Crippen molar-refractivity contribution in [3.63, 3.8) is 0 Å². The second kappa shape index (κ2) is 9.03. The third-order valence-corrected chi connectivity index (χ3v) is 7.43. The smallest absolute Gasteiger partial charge is 0.425 e. The molecule has 32 heavy (non-hydrogen) atoms. The fourth-order valence-electron chi connectivity index (χ4n) is 4.18. The van der Waals surface area contributed by atoms with Crippen LogP contribution in [0, 0.1) is 0 Å². The van der Waals surface area contributed by atoms with Gasteiger partial charge in [-0.05, 0) is 52.7 Å². The highest BCUT2D eigenvalue weighted by Crippen LogP contribution is 2.40. The molecule has 1 aliphatic heterocycles. The second-order valence-electron chi connectivity index (χ2n) is 11.8. The molecular weight excluding hydrogens is 407 g/mol. The van der Waals surface area contributed by atoms with Crippen molar-refractivity contribution in [2.75, 3.05) is 0 Å². The molecular formula is C27H39BN2OSi. The van der Waals surface area contributed by atoms with E-state index in [1.165, 1.54) is 11.1 Å². The minimum absolute atomic E-state index is 0.0265. The lowest BCUT2D eigenvalue weighted by Gasteiger charge is -2.39. The van der Waals surface area contributed by atoms with Crippen molar-refractivity contribution in [2.24, 2.45) is 4.99 Å². The van der Waals surface area contributed by atoms with Gasteiger partial charge >= 0.3 is 6.64 Å². The van der Waals surface area contributed by atoms with Crippen molar-refractivity contribution in [1.29, 1.82) is 0 Å². The van der Waals surface area contributed by atoms with E-state index < -0.39 is 7.94 Å². The van der Waals surface area contributed by atoms with Gasteiger partial charge in [-0.3, -0.25) is 9.80 Å². The Morgan fingerprint density at radius 2 is 1.34 bits per heavy atom. The van der Waals surface area contributed by atoms with Crippen LogP contribution in [0.3, 0.4) is 0 Å². The van der Waals surface area contributed by atoms with Gasteiger partial charge in [0, 0.05) is 17.3 Å². The van der Waals surface area contributed by atoms with Crippen molar-refractivity contribution in [2.45, 2.75) is 78.3 Å². The summed E-state index contributed by atoms with van der Waals surface area (Å²) in [5.74, 6) is 1.01. The molecule has 170 valence electrons. The Balaban J connectivity index is 2.34. The van der Waals surface area contributed by atoms with Crippen LogP contribution < -0.4 is 0 Å². The molecule has 1 saturated heterocycles. The molecule has 0 N–H and O–H groups in total. The van der Waals surface area contributed by atoms with Crippen LogP contribution in [0.4, 0.5) is 0 Å². The zero-order valence-corrected chi connectivity index (χ0v) is 22.3. The molecule has 3 rings (SSSR count). The Hall–Kier alpha value is -2.11. The molecule has 0 unspecified atom stereocenters. The lowest BCUT2D eigenvalue weighted by molar-refractivity contribution is 0.255. The van der Waals surface area contributed by atoms with Crippen molar-refractivity contribution in [3.8, 4) is 0 Å². The van der Waals surface area contributed by atoms with E-state index in [-0.39, 0.29) is 23.8 Å². The summed E-state index contributed by atoms with van der Waals surface area (Å²) in [4.78, 5) is 7.52. The molecule has 1 atom stereocenters. The summed E-state index contributed by atoms with van der Waals surface area (Å²) in [6.07, 6.45) is 2.13. The Morgan fingerprint density at radius 3 is 1.72 bits per heavy atom. The van der Waals surface area contributed by atoms with Gasteiger partial charge in [0.15, 0.2) is 0 Å². The molecule has 0 aromatic heterocycles. The number of rotatable bonds is 4. The van der Waals surface area contributed by atoms with E-state index >= 15 is 0 Å². The van der Waals surface area contributed by atoms with Crippen LogP contribution in [0.1, 0.15) is 52.7 Å². The zero-order chi connectivity index (χ0) is 23.7. The summed E-state index contributed by atoms with van der Waals surface area (Å²) in [5, 5.41) is 0. The van der Waals surface area contributed by atoms with Crippen LogP contribution >= 0.6 is 0 Å². The highest BCUT2D eigenvalue weighted by atomic mass is 28.3. The third-order valence-electron chi connectivity index (χ3n) is 5.55. The number of hydrogen-bond acceptors (Lipinski definition) is 3. The SMILES string of the molecule is CC(C)(C)N=C[C@@H]1C(=C(c2ccccc2)c2ccccc2)OB([Si](C)(C)C)N1C(C)(C)C. The average molecular weight is 447 g/mol. The second-order valence-corrected chi connectivity index (χ2v) is 17.0. The molecule has 1 aliphatic rings. The van der Waals surface area contributed by atoms with Crippen LogP contribution in [0.2, 0.25) is 19.6 Å². The minimum atomic E-state index is -1.70. The Kier molecular flexibility index (Phi) is 6.92. The summed E-state index contributed by atoms with van der Waals surface area (Å²) >= 11 is 0. The number of nitrogens with zero attached hydrogens (tertiary/aromatic N) is 2. The Morgan fingerprint density at radius 1 is 0.875 bits per heavy atom. The summed E-state index contributed by atoms with van der Waals surface area (Å²) in [6, 6.07) is 21.2. The van der Waals surface area contributed by atoms with E-state index in [9.17, 15) is 0 Å². The molecule has 3 nitrogen and oxygen atoms in total. The Bertz CT molecular complexity index is 925. The molecule has 0 spiro atoms. The molecule has 2 aromatic rings. The molecule has 0 saturated carbocycles.